The average molecular weight is 292 g/mol. The van der Waals surface area contributed by atoms with Gasteiger partial charge in [0.2, 0.25) is 0 Å². The van der Waals surface area contributed by atoms with Crippen LogP contribution in [0.2, 0.25) is 0 Å². The predicted molar refractivity (Wildman–Crippen MR) is 80.6 cm³/mol. The minimum absolute atomic E-state index is 0.0795. The fourth-order valence-electron chi connectivity index (χ4n) is 1.76. The van der Waals surface area contributed by atoms with Gasteiger partial charge in [-0.3, -0.25) is 0 Å². The molecule has 0 saturated heterocycles. The molecule has 0 radical (unpaired) electrons. The highest BCUT2D eigenvalue weighted by atomic mass is 32.1. The Morgan fingerprint density at radius 2 is 1.75 bits per heavy atom. The molecule has 0 aromatic heterocycles. The Kier molecular flexibility index (Phi) is 4.63. The molecule has 2 rings (SSSR count). The third kappa shape index (κ3) is 3.99. The number of rotatable bonds is 3. The highest BCUT2D eigenvalue weighted by Gasteiger charge is 2.07. The zero-order valence-corrected chi connectivity index (χ0v) is 11.7. The summed E-state index contributed by atoms with van der Waals surface area (Å²) in [5.41, 5.74) is 1.49. The second kappa shape index (κ2) is 6.43. The van der Waals surface area contributed by atoms with E-state index in [9.17, 15) is 8.78 Å². The van der Waals surface area contributed by atoms with Crippen molar-refractivity contribution >= 4 is 23.0 Å². The molecule has 2 aromatic carbocycles. The molecular weight excluding hydrogens is 278 g/mol. The number of benzene rings is 2. The van der Waals surface area contributed by atoms with Crippen LogP contribution in [-0.4, -0.2) is 5.11 Å². The molecule has 20 heavy (non-hydrogen) atoms. The van der Waals surface area contributed by atoms with E-state index in [1.54, 1.807) is 24.3 Å². The summed E-state index contributed by atoms with van der Waals surface area (Å²) in [5.74, 6) is -0.606. The van der Waals surface area contributed by atoms with Gasteiger partial charge in [-0.05, 0) is 55.0 Å². The summed E-state index contributed by atoms with van der Waals surface area (Å²) in [6.45, 7) is 1.91. The fraction of sp³-hybridized carbons (Fsp3) is 0.133. The van der Waals surface area contributed by atoms with Gasteiger partial charge in [0, 0.05) is 5.69 Å². The van der Waals surface area contributed by atoms with Crippen LogP contribution in [0, 0.1) is 11.6 Å². The molecule has 0 saturated carbocycles. The van der Waals surface area contributed by atoms with Crippen molar-refractivity contribution in [2.24, 2.45) is 0 Å². The number of nitrogens with one attached hydrogen (secondary N) is 2. The van der Waals surface area contributed by atoms with Crippen LogP contribution in [0.3, 0.4) is 0 Å². The van der Waals surface area contributed by atoms with Crippen LogP contribution in [0.5, 0.6) is 0 Å². The minimum Gasteiger partial charge on any atom is -0.356 e. The molecule has 0 aliphatic rings. The molecule has 104 valence electrons. The maximum absolute atomic E-state index is 13.0. The van der Waals surface area contributed by atoms with E-state index < -0.39 is 0 Å². The molecule has 5 heteroatoms. The summed E-state index contributed by atoms with van der Waals surface area (Å²) in [6, 6.07) is 12.1. The highest BCUT2D eigenvalue weighted by molar-refractivity contribution is 7.80. The van der Waals surface area contributed by atoms with Crippen LogP contribution in [0.1, 0.15) is 18.5 Å². The van der Waals surface area contributed by atoms with Gasteiger partial charge in [0.25, 0.3) is 0 Å². The Balaban J connectivity index is 1.95. The predicted octanol–water partition coefficient (Wildman–Crippen LogP) is 4.01. The maximum Gasteiger partial charge on any atom is 0.171 e. The molecule has 2 N–H and O–H groups in total. The number of hydrogen-bond donors (Lipinski definition) is 2. The molecule has 0 spiro atoms. The van der Waals surface area contributed by atoms with Crippen molar-refractivity contribution in [1.29, 1.82) is 0 Å². The van der Waals surface area contributed by atoms with Gasteiger partial charge in [-0.15, -0.1) is 0 Å². The molecule has 1 atom stereocenters. The van der Waals surface area contributed by atoms with Crippen LogP contribution in [0.4, 0.5) is 14.5 Å². The molecule has 0 heterocycles. The van der Waals surface area contributed by atoms with Crippen LogP contribution in [0.25, 0.3) is 0 Å². The largest absolute Gasteiger partial charge is 0.356 e. The summed E-state index contributed by atoms with van der Waals surface area (Å²) in [6.07, 6.45) is 0. The van der Waals surface area contributed by atoms with Crippen molar-refractivity contribution in [2.45, 2.75) is 13.0 Å². The van der Waals surface area contributed by atoms with E-state index in [1.807, 2.05) is 6.92 Å². The molecule has 0 aliphatic carbocycles. The summed E-state index contributed by atoms with van der Waals surface area (Å²) in [4.78, 5) is 0. The van der Waals surface area contributed by atoms with E-state index in [2.05, 4.69) is 10.6 Å². The quantitative estimate of drug-likeness (QED) is 0.836. The first-order chi connectivity index (χ1) is 9.54. The van der Waals surface area contributed by atoms with Gasteiger partial charge in [-0.2, -0.15) is 0 Å². The van der Waals surface area contributed by atoms with Crippen molar-refractivity contribution in [3.8, 4) is 0 Å². The third-order valence-electron chi connectivity index (χ3n) is 2.80. The van der Waals surface area contributed by atoms with Gasteiger partial charge in [0.1, 0.15) is 11.6 Å². The summed E-state index contributed by atoms with van der Waals surface area (Å²) in [7, 11) is 0. The lowest BCUT2D eigenvalue weighted by atomic mass is 10.1. The van der Waals surface area contributed by atoms with Crippen LogP contribution >= 0.6 is 12.2 Å². The smallest absolute Gasteiger partial charge is 0.171 e. The zero-order valence-electron chi connectivity index (χ0n) is 10.9. The number of anilines is 1. The number of halogens is 2. The second-order valence-electron chi connectivity index (χ2n) is 4.38. The van der Waals surface area contributed by atoms with Crippen molar-refractivity contribution < 1.29 is 8.78 Å². The second-order valence-corrected chi connectivity index (χ2v) is 4.79. The van der Waals surface area contributed by atoms with Gasteiger partial charge >= 0.3 is 0 Å². The topological polar surface area (TPSA) is 24.1 Å². The Morgan fingerprint density at radius 3 is 2.40 bits per heavy atom. The first-order valence-corrected chi connectivity index (χ1v) is 6.54. The van der Waals surface area contributed by atoms with Gasteiger partial charge < -0.3 is 10.6 Å². The zero-order chi connectivity index (χ0) is 14.5. The Labute approximate surface area is 121 Å². The van der Waals surface area contributed by atoms with Crippen molar-refractivity contribution in [3.05, 3.63) is 65.7 Å². The van der Waals surface area contributed by atoms with Crippen molar-refractivity contribution in [1.82, 2.24) is 5.32 Å². The molecule has 0 aliphatic heterocycles. The van der Waals surface area contributed by atoms with E-state index in [0.29, 0.717) is 10.8 Å². The summed E-state index contributed by atoms with van der Waals surface area (Å²) in [5, 5.41) is 6.34. The Hall–Kier alpha value is -2.01. The van der Waals surface area contributed by atoms with Gasteiger partial charge in [0.15, 0.2) is 5.11 Å². The lowest BCUT2D eigenvalue weighted by Crippen LogP contribution is -2.30. The molecule has 0 amide bonds. The molecule has 1 unspecified atom stereocenters. The molecule has 0 bridgehead atoms. The normalized spacial score (nSPS) is 11.8. The molecule has 2 nitrogen and oxygen atoms in total. The maximum atomic E-state index is 13.0. The van der Waals surface area contributed by atoms with E-state index in [1.165, 1.54) is 24.3 Å². The van der Waals surface area contributed by atoms with Gasteiger partial charge in [0.05, 0.1) is 6.04 Å². The SMILES string of the molecule is CC(NC(=S)Nc1cccc(F)c1)c1ccc(F)cc1. The third-order valence-corrected chi connectivity index (χ3v) is 3.02. The van der Waals surface area contributed by atoms with Crippen molar-refractivity contribution in [2.75, 3.05) is 5.32 Å². The lowest BCUT2D eigenvalue weighted by molar-refractivity contribution is 0.624. The highest BCUT2D eigenvalue weighted by Crippen LogP contribution is 2.14. The molecular formula is C15H14F2N2S. The molecule has 0 fully saturated rings. The average Bonchev–Trinajstić information content (AvgIpc) is 2.39. The Bertz CT molecular complexity index is 599. The van der Waals surface area contributed by atoms with Crippen LogP contribution in [-0.2, 0) is 0 Å². The monoisotopic (exact) mass is 292 g/mol. The first-order valence-electron chi connectivity index (χ1n) is 6.13. The summed E-state index contributed by atoms with van der Waals surface area (Å²) < 4.78 is 25.9. The number of thiocarbonyl (C=S) groups is 1. The minimum atomic E-state index is -0.329. The van der Waals surface area contributed by atoms with Gasteiger partial charge in [-0.1, -0.05) is 18.2 Å². The van der Waals surface area contributed by atoms with E-state index in [4.69, 9.17) is 12.2 Å². The number of hydrogen-bond acceptors (Lipinski definition) is 1. The fourth-order valence-corrected chi connectivity index (χ4v) is 2.06. The van der Waals surface area contributed by atoms with Crippen LogP contribution in [0.15, 0.2) is 48.5 Å². The van der Waals surface area contributed by atoms with Crippen LogP contribution < -0.4 is 10.6 Å². The van der Waals surface area contributed by atoms with E-state index in [-0.39, 0.29) is 17.7 Å². The standard InChI is InChI=1S/C15H14F2N2S/c1-10(11-5-7-12(16)8-6-11)18-15(20)19-14-4-2-3-13(17)9-14/h2-10H,1H3,(H2,18,19,20). The van der Waals surface area contributed by atoms with Crippen molar-refractivity contribution in [3.63, 3.8) is 0 Å². The molecule has 2 aromatic rings. The lowest BCUT2D eigenvalue weighted by Gasteiger charge is -2.17. The summed E-state index contributed by atoms with van der Waals surface area (Å²) >= 11 is 5.16. The Morgan fingerprint density at radius 1 is 1.05 bits per heavy atom. The van der Waals surface area contributed by atoms with Gasteiger partial charge in [-0.25, -0.2) is 8.78 Å². The van der Waals surface area contributed by atoms with E-state index in [0.717, 1.165) is 5.56 Å². The van der Waals surface area contributed by atoms with E-state index >= 15 is 0 Å². The first kappa shape index (κ1) is 14.4.